The van der Waals surface area contributed by atoms with Gasteiger partial charge in [-0.05, 0) is 50.3 Å². The highest BCUT2D eigenvalue weighted by atomic mass is 32.2. The number of aryl methyl sites for hydroxylation is 1. The van der Waals surface area contributed by atoms with Gasteiger partial charge in [-0.1, -0.05) is 26.0 Å². The molecule has 1 aromatic rings. The molecule has 0 radical (unpaired) electrons. The van der Waals surface area contributed by atoms with Gasteiger partial charge in [0, 0.05) is 6.04 Å². The van der Waals surface area contributed by atoms with Gasteiger partial charge in [-0.2, -0.15) is 0 Å². The van der Waals surface area contributed by atoms with Crippen molar-refractivity contribution in [3.63, 3.8) is 0 Å². The Balaban J connectivity index is 2.70. The molecule has 0 aliphatic rings. The Kier molecular flexibility index (Phi) is 5.35. The SMILES string of the molecule is Cc1cccc(S(=O)(=O)NC(C)CCC(C)C)c1. The van der Waals surface area contributed by atoms with Crippen LogP contribution < -0.4 is 4.72 Å². The van der Waals surface area contributed by atoms with Crippen LogP contribution in [0, 0.1) is 12.8 Å². The second kappa shape index (κ2) is 6.34. The zero-order valence-corrected chi connectivity index (χ0v) is 12.4. The van der Waals surface area contributed by atoms with Crippen LogP contribution in [-0.2, 0) is 10.0 Å². The first-order chi connectivity index (χ1) is 8.31. The minimum absolute atomic E-state index is 0.0297. The molecule has 0 aromatic heterocycles. The van der Waals surface area contributed by atoms with E-state index >= 15 is 0 Å². The number of nitrogens with one attached hydrogen (secondary N) is 1. The lowest BCUT2D eigenvalue weighted by Crippen LogP contribution is -2.32. The standard InChI is InChI=1S/C14H23NO2S/c1-11(2)8-9-13(4)15-18(16,17)14-7-5-6-12(3)10-14/h5-7,10-11,13,15H,8-9H2,1-4H3. The van der Waals surface area contributed by atoms with E-state index in [0.29, 0.717) is 10.8 Å². The fourth-order valence-electron chi connectivity index (χ4n) is 1.76. The van der Waals surface area contributed by atoms with Crippen LogP contribution in [0.1, 0.15) is 39.2 Å². The molecule has 0 aliphatic heterocycles. The Morgan fingerprint density at radius 3 is 2.39 bits per heavy atom. The Hall–Kier alpha value is -0.870. The van der Waals surface area contributed by atoms with Crippen molar-refractivity contribution in [3.8, 4) is 0 Å². The third-order valence-corrected chi connectivity index (χ3v) is 4.42. The van der Waals surface area contributed by atoms with Crippen molar-refractivity contribution < 1.29 is 8.42 Å². The third kappa shape index (κ3) is 4.78. The molecule has 3 nitrogen and oxygen atoms in total. The molecule has 1 aromatic carbocycles. The van der Waals surface area contributed by atoms with Gasteiger partial charge in [0.25, 0.3) is 0 Å². The molecular formula is C14H23NO2S. The molecule has 1 rings (SSSR count). The smallest absolute Gasteiger partial charge is 0.208 e. The molecule has 1 unspecified atom stereocenters. The molecule has 0 aliphatic carbocycles. The Labute approximate surface area is 111 Å². The molecule has 0 saturated carbocycles. The molecule has 0 spiro atoms. The van der Waals surface area contributed by atoms with E-state index in [1.165, 1.54) is 0 Å². The number of hydrogen-bond donors (Lipinski definition) is 1. The van der Waals surface area contributed by atoms with Gasteiger partial charge in [0.05, 0.1) is 4.90 Å². The number of rotatable bonds is 6. The minimum atomic E-state index is -3.38. The molecule has 0 fully saturated rings. The topological polar surface area (TPSA) is 46.2 Å². The van der Waals surface area contributed by atoms with Crippen molar-refractivity contribution in [2.24, 2.45) is 5.92 Å². The lowest BCUT2D eigenvalue weighted by atomic mass is 10.1. The van der Waals surface area contributed by atoms with Crippen LogP contribution in [0.15, 0.2) is 29.2 Å². The van der Waals surface area contributed by atoms with Gasteiger partial charge < -0.3 is 0 Å². The summed E-state index contributed by atoms with van der Waals surface area (Å²) in [6.07, 6.45) is 1.89. The summed E-state index contributed by atoms with van der Waals surface area (Å²) in [7, 11) is -3.38. The molecule has 4 heteroatoms. The summed E-state index contributed by atoms with van der Waals surface area (Å²) in [5.74, 6) is 0.593. The van der Waals surface area contributed by atoms with Crippen LogP contribution in [0.3, 0.4) is 0 Å². The van der Waals surface area contributed by atoms with Gasteiger partial charge in [-0.3, -0.25) is 0 Å². The molecule has 1 N–H and O–H groups in total. The van der Waals surface area contributed by atoms with E-state index in [9.17, 15) is 8.42 Å². The first-order valence-electron chi connectivity index (χ1n) is 6.40. The van der Waals surface area contributed by atoms with E-state index in [-0.39, 0.29) is 6.04 Å². The zero-order chi connectivity index (χ0) is 13.8. The highest BCUT2D eigenvalue weighted by molar-refractivity contribution is 7.89. The zero-order valence-electron chi connectivity index (χ0n) is 11.6. The Morgan fingerprint density at radius 2 is 1.83 bits per heavy atom. The largest absolute Gasteiger partial charge is 0.240 e. The second-order valence-corrected chi connectivity index (χ2v) is 7.02. The van der Waals surface area contributed by atoms with Gasteiger partial charge >= 0.3 is 0 Å². The average molecular weight is 269 g/mol. The summed E-state index contributed by atoms with van der Waals surface area (Å²) in [5.41, 5.74) is 0.952. The maximum Gasteiger partial charge on any atom is 0.240 e. The predicted molar refractivity (Wildman–Crippen MR) is 75.0 cm³/mol. The molecule has 0 saturated heterocycles. The summed E-state index contributed by atoms with van der Waals surface area (Å²) in [5, 5.41) is 0. The van der Waals surface area contributed by atoms with E-state index in [4.69, 9.17) is 0 Å². The number of sulfonamides is 1. The van der Waals surface area contributed by atoms with E-state index in [0.717, 1.165) is 18.4 Å². The minimum Gasteiger partial charge on any atom is -0.208 e. The maximum atomic E-state index is 12.1. The van der Waals surface area contributed by atoms with Gasteiger partial charge in [-0.15, -0.1) is 0 Å². The Morgan fingerprint density at radius 1 is 1.17 bits per heavy atom. The Bertz CT molecular complexity index is 480. The molecule has 0 heterocycles. The highest BCUT2D eigenvalue weighted by Gasteiger charge is 2.17. The molecule has 102 valence electrons. The average Bonchev–Trinajstić information content (AvgIpc) is 2.26. The van der Waals surface area contributed by atoms with Gasteiger partial charge in [-0.25, -0.2) is 13.1 Å². The van der Waals surface area contributed by atoms with Crippen molar-refractivity contribution in [2.75, 3.05) is 0 Å². The van der Waals surface area contributed by atoms with E-state index in [1.54, 1.807) is 18.2 Å². The van der Waals surface area contributed by atoms with Crippen LogP contribution in [0.25, 0.3) is 0 Å². The van der Waals surface area contributed by atoms with E-state index in [1.807, 2.05) is 19.9 Å². The lowest BCUT2D eigenvalue weighted by Gasteiger charge is -2.15. The lowest BCUT2D eigenvalue weighted by molar-refractivity contribution is 0.485. The second-order valence-electron chi connectivity index (χ2n) is 5.31. The van der Waals surface area contributed by atoms with Gasteiger partial charge in [0.2, 0.25) is 10.0 Å². The number of benzene rings is 1. The molecule has 18 heavy (non-hydrogen) atoms. The van der Waals surface area contributed by atoms with Crippen molar-refractivity contribution in [3.05, 3.63) is 29.8 Å². The molecule has 0 bridgehead atoms. The van der Waals surface area contributed by atoms with E-state index < -0.39 is 10.0 Å². The summed E-state index contributed by atoms with van der Waals surface area (Å²) in [4.78, 5) is 0.346. The van der Waals surface area contributed by atoms with Gasteiger partial charge in [0.15, 0.2) is 0 Å². The first-order valence-corrected chi connectivity index (χ1v) is 7.88. The highest BCUT2D eigenvalue weighted by Crippen LogP contribution is 2.13. The monoisotopic (exact) mass is 269 g/mol. The van der Waals surface area contributed by atoms with Crippen molar-refractivity contribution in [1.29, 1.82) is 0 Å². The third-order valence-electron chi connectivity index (χ3n) is 2.83. The molecular weight excluding hydrogens is 246 g/mol. The normalized spacial score (nSPS) is 13.8. The van der Waals surface area contributed by atoms with Crippen molar-refractivity contribution >= 4 is 10.0 Å². The van der Waals surface area contributed by atoms with Crippen molar-refractivity contribution in [2.45, 2.75) is 51.5 Å². The van der Waals surface area contributed by atoms with Crippen LogP contribution >= 0.6 is 0 Å². The van der Waals surface area contributed by atoms with Gasteiger partial charge in [0.1, 0.15) is 0 Å². The molecule has 1 atom stereocenters. The summed E-state index contributed by atoms with van der Waals surface area (Å²) < 4.78 is 27.0. The maximum absolute atomic E-state index is 12.1. The summed E-state index contributed by atoms with van der Waals surface area (Å²) >= 11 is 0. The fourth-order valence-corrected chi connectivity index (χ4v) is 3.14. The van der Waals surface area contributed by atoms with E-state index in [2.05, 4.69) is 18.6 Å². The van der Waals surface area contributed by atoms with Crippen LogP contribution in [0.4, 0.5) is 0 Å². The van der Waals surface area contributed by atoms with Crippen LogP contribution in [0.5, 0.6) is 0 Å². The van der Waals surface area contributed by atoms with Crippen LogP contribution in [0.2, 0.25) is 0 Å². The predicted octanol–water partition coefficient (Wildman–Crippen LogP) is 3.10. The van der Waals surface area contributed by atoms with Crippen LogP contribution in [-0.4, -0.2) is 14.5 Å². The van der Waals surface area contributed by atoms with Crippen molar-refractivity contribution in [1.82, 2.24) is 4.72 Å². The first kappa shape index (κ1) is 15.2. The summed E-state index contributed by atoms with van der Waals surface area (Å²) in [6, 6.07) is 6.95. The molecule has 0 amide bonds. The summed E-state index contributed by atoms with van der Waals surface area (Å²) in [6.45, 7) is 8.08. The fraction of sp³-hybridized carbons (Fsp3) is 0.571. The number of hydrogen-bond acceptors (Lipinski definition) is 2. The quantitative estimate of drug-likeness (QED) is 0.862.